The van der Waals surface area contributed by atoms with Gasteiger partial charge in [-0.25, -0.2) is 4.39 Å². The minimum Gasteiger partial charge on any atom is -0.406 e. The number of thiocarbonyl (C=S) groups is 1. The molecule has 1 unspecified atom stereocenters. The third kappa shape index (κ3) is 9.83. The molecule has 1 amide bonds. The van der Waals surface area contributed by atoms with Crippen molar-refractivity contribution in [1.82, 2.24) is 10.9 Å². The zero-order chi connectivity index (χ0) is 23.7. The van der Waals surface area contributed by atoms with E-state index in [4.69, 9.17) is 12.2 Å². The highest BCUT2D eigenvalue weighted by Gasteiger charge is 2.31. The van der Waals surface area contributed by atoms with E-state index in [0.29, 0.717) is 11.4 Å². The number of anilines is 2. The van der Waals surface area contributed by atoms with Crippen molar-refractivity contribution in [2.45, 2.75) is 24.6 Å². The Balaban J connectivity index is 1.70. The fourth-order valence-corrected chi connectivity index (χ4v) is 2.85. The molecule has 0 saturated carbocycles. The second kappa shape index (κ2) is 11.5. The minimum atomic E-state index is -4.79. The predicted octanol–water partition coefficient (Wildman–Crippen LogP) is 3.76. The Kier molecular flexibility index (Phi) is 9.08. The standard InChI is InChI=1S/C19H18F4N4O3S2/c20-11-1-3-13(4-2-11)25-18(32)27-26-16(29)9-14(28)10-17(31)24-12-5-7-15(8-6-12)30-19(21,22)23/h1-8,17,24,31H,9-10H2,(H,26,29)(H2,25,27,32). The molecule has 1 atom stereocenters. The summed E-state index contributed by atoms with van der Waals surface area (Å²) in [4.78, 5) is 23.9. The Morgan fingerprint density at radius 1 is 1.00 bits per heavy atom. The van der Waals surface area contributed by atoms with Crippen molar-refractivity contribution in [2.75, 3.05) is 10.6 Å². The molecule has 7 nitrogen and oxygen atoms in total. The van der Waals surface area contributed by atoms with E-state index in [1.54, 1.807) is 0 Å². The molecule has 4 N–H and O–H groups in total. The lowest BCUT2D eigenvalue weighted by Crippen LogP contribution is -2.44. The highest BCUT2D eigenvalue weighted by atomic mass is 32.1. The molecule has 2 aromatic rings. The SMILES string of the molecule is O=C(CC(=O)NNC(=S)Nc1ccc(F)cc1)CC(S)Nc1ccc(OC(F)(F)F)cc1. The van der Waals surface area contributed by atoms with E-state index in [-0.39, 0.29) is 17.3 Å². The largest absolute Gasteiger partial charge is 0.573 e. The quantitative estimate of drug-likeness (QED) is 0.0962. The van der Waals surface area contributed by atoms with Crippen molar-refractivity contribution >= 4 is 53.0 Å². The normalized spacial score (nSPS) is 11.8. The Hall–Kier alpha value is -3.06. The van der Waals surface area contributed by atoms with E-state index >= 15 is 0 Å². The van der Waals surface area contributed by atoms with Gasteiger partial charge in [0.1, 0.15) is 17.3 Å². The topological polar surface area (TPSA) is 91.5 Å². The molecule has 0 saturated heterocycles. The maximum atomic E-state index is 12.9. The van der Waals surface area contributed by atoms with Crippen LogP contribution in [0.5, 0.6) is 5.75 Å². The van der Waals surface area contributed by atoms with Crippen LogP contribution in [0, 0.1) is 5.82 Å². The van der Waals surface area contributed by atoms with E-state index in [1.807, 2.05) is 0 Å². The van der Waals surface area contributed by atoms with Crippen LogP contribution in [0.15, 0.2) is 48.5 Å². The molecule has 32 heavy (non-hydrogen) atoms. The van der Waals surface area contributed by atoms with Crippen LogP contribution in [0.2, 0.25) is 0 Å². The molecule has 0 fully saturated rings. The van der Waals surface area contributed by atoms with Gasteiger partial charge in [-0.15, -0.1) is 13.2 Å². The molecule has 172 valence electrons. The van der Waals surface area contributed by atoms with E-state index in [2.05, 4.69) is 38.9 Å². The van der Waals surface area contributed by atoms with Gasteiger partial charge in [-0.3, -0.25) is 20.4 Å². The first-order valence-corrected chi connectivity index (χ1v) is 9.86. The molecule has 0 spiro atoms. The average Bonchev–Trinajstić information content (AvgIpc) is 2.68. The van der Waals surface area contributed by atoms with Crippen molar-refractivity contribution in [2.24, 2.45) is 0 Å². The van der Waals surface area contributed by atoms with Crippen LogP contribution < -0.4 is 26.2 Å². The number of ketones is 1. The number of ether oxygens (including phenoxy) is 1. The summed E-state index contributed by atoms with van der Waals surface area (Å²) >= 11 is 9.17. The van der Waals surface area contributed by atoms with Gasteiger partial charge in [-0.05, 0) is 60.7 Å². The first-order chi connectivity index (χ1) is 15.0. The lowest BCUT2D eigenvalue weighted by molar-refractivity contribution is -0.274. The smallest absolute Gasteiger partial charge is 0.406 e. The fraction of sp³-hybridized carbons (Fsp3) is 0.211. The summed E-state index contributed by atoms with van der Waals surface area (Å²) in [7, 11) is 0. The molecule has 2 rings (SSSR count). The van der Waals surface area contributed by atoms with Crippen molar-refractivity contribution in [1.29, 1.82) is 0 Å². The van der Waals surface area contributed by atoms with Crippen molar-refractivity contribution in [3.8, 4) is 5.75 Å². The van der Waals surface area contributed by atoms with Crippen LogP contribution in [0.4, 0.5) is 28.9 Å². The van der Waals surface area contributed by atoms with Crippen LogP contribution >= 0.6 is 24.8 Å². The molecular weight excluding hydrogens is 472 g/mol. The number of hydrogen-bond acceptors (Lipinski definition) is 6. The van der Waals surface area contributed by atoms with Crippen LogP contribution in [-0.2, 0) is 9.59 Å². The summed E-state index contributed by atoms with van der Waals surface area (Å²) in [5.41, 5.74) is 5.58. The van der Waals surface area contributed by atoms with E-state index < -0.39 is 35.7 Å². The molecule has 13 heteroatoms. The number of halogens is 4. The average molecular weight is 491 g/mol. The van der Waals surface area contributed by atoms with Crippen molar-refractivity contribution < 1.29 is 31.9 Å². The van der Waals surface area contributed by atoms with Gasteiger partial charge < -0.3 is 15.4 Å². The van der Waals surface area contributed by atoms with E-state index in [9.17, 15) is 27.2 Å². The number of nitrogens with one attached hydrogen (secondary N) is 4. The van der Waals surface area contributed by atoms with Gasteiger partial charge in [-0.2, -0.15) is 12.6 Å². The van der Waals surface area contributed by atoms with Crippen LogP contribution in [0.3, 0.4) is 0 Å². The van der Waals surface area contributed by atoms with Gasteiger partial charge in [0.25, 0.3) is 0 Å². The number of hydrazine groups is 1. The first kappa shape index (κ1) is 25.2. The Labute approximate surface area is 191 Å². The lowest BCUT2D eigenvalue weighted by Gasteiger charge is -2.15. The van der Waals surface area contributed by atoms with Crippen molar-refractivity contribution in [3.05, 3.63) is 54.3 Å². The van der Waals surface area contributed by atoms with Gasteiger partial charge >= 0.3 is 6.36 Å². The van der Waals surface area contributed by atoms with Crippen LogP contribution in [0.25, 0.3) is 0 Å². The number of rotatable bonds is 8. The fourth-order valence-electron chi connectivity index (χ4n) is 2.33. The second-order valence-corrected chi connectivity index (χ2v) is 7.32. The summed E-state index contributed by atoms with van der Waals surface area (Å²) in [6, 6.07) is 10.3. The first-order valence-electron chi connectivity index (χ1n) is 8.94. The molecule has 0 aliphatic carbocycles. The summed E-state index contributed by atoms with van der Waals surface area (Å²) in [6.45, 7) is 0. The Morgan fingerprint density at radius 3 is 2.19 bits per heavy atom. The van der Waals surface area contributed by atoms with Gasteiger partial charge in [0.05, 0.1) is 11.8 Å². The maximum Gasteiger partial charge on any atom is 0.573 e. The molecule has 0 radical (unpaired) electrons. The highest BCUT2D eigenvalue weighted by molar-refractivity contribution is 7.81. The van der Waals surface area contributed by atoms with E-state index in [0.717, 1.165) is 12.1 Å². The van der Waals surface area contributed by atoms with Gasteiger partial charge in [0.2, 0.25) is 5.91 Å². The van der Waals surface area contributed by atoms with Gasteiger partial charge in [0, 0.05) is 17.8 Å². The number of hydrogen-bond donors (Lipinski definition) is 5. The van der Waals surface area contributed by atoms with E-state index in [1.165, 1.54) is 36.4 Å². The van der Waals surface area contributed by atoms with Crippen LogP contribution in [-0.4, -0.2) is 28.5 Å². The number of Topliss-reactive ketones (excluding diaryl/α,β-unsaturated/α-hetero) is 1. The molecule has 0 bridgehead atoms. The Morgan fingerprint density at radius 2 is 1.59 bits per heavy atom. The number of alkyl halides is 3. The highest BCUT2D eigenvalue weighted by Crippen LogP contribution is 2.24. The number of carbonyl (C=O) groups excluding carboxylic acids is 2. The zero-order valence-corrected chi connectivity index (χ0v) is 17.9. The monoisotopic (exact) mass is 490 g/mol. The summed E-state index contributed by atoms with van der Waals surface area (Å²) in [5.74, 6) is -1.88. The molecule has 2 aromatic carbocycles. The third-order valence-electron chi connectivity index (χ3n) is 3.62. The zero-order valence-electron chi connectivity index (χ0n) is 16.2. The maximum absolute atomic E-state index is 12.9. The molecule has 0 heterocycles. The summed E-state index contributed by atoms with van der Waals surface area (Å²) in [6.07, 6.45) is -5.37. The third-order valence-corrected chi connectivity index (χ3v) is 4.13. The molecule has 0 aliphatic rings. The minimum absolute atomic E-state index is 0.0316. The molecule has 0 aromatic heterocycles. The Bertz CT molecular complexity index is 941. The number of thiol groups is 1. The molecule has 0 aliphatic heterocycles. The summed E-state index contributed by atoms with van der Waals surface area (Å²) in [5, 5.41) is 4.88. The number of benzene rings is 2. The lowest BCUT2D eigenvalue weighted by atomic mass is 10.2. The van der Waals surface area contributed by atoms with Gasteiger partial charge in [-0.1, -0.05) is 0 Å². The van der Waals surface area contributed by atoms with Crippen molar-refractivity contribution in [3.63, 3.8) is 0 Å². The predicted molar refractivity (Wildman–Crippen MR) is 118 cm³/mol. The number of amides is 1. The van der Waals surface area contributed by atoms with Crippen LogP contribution in [0.1, 0.15) is 12.8 Å². The van der Waals surface area contributed by atoms with Gasteiger partial charge in [0.15, 0.2) is 5.11 Å². The number of carbonyl (C=O) groups is 2. The second-order valence-electron chi connectivity index (χ2n) is 6.29. The summed E-state index contributed by atoms with van der Waals surface area (Å²) < 4.78 is 53.1. The molecular formula is C19H18F4N4O3S2.